The number of hydrogen-bond acceptors (Lipinski definition) is 4. The highest BCUT2D eigenvalue weighted by molar-refractivity contribution is 5.86. The van der Waals surface area contributed by atoms with Gasteiger partial charge in [-0.3, -0.25) is 4.68 Å². The Labute approximate surface area is 104 Å². The topological polar surface area (TPSA) is 85.8 Å². The van der Waals surface area contributed by atoms with Crippen LogP contribution in [-0.4, -0.2) is 35.9 Å². The first kappa shape index (κ1) is 12.3. The molecule has 0 aromatic carbocycles. The predicted octanol–water partition coefficient (Wildman–Crippen LogP) is 0.711. The molecule has 0 bridgehead atoms. The van der Waals surface area contributed by atoms with Gasteiger partial charge in [0.15, 0.2) is 5.69 Å². The Morgan fingerprint density at radius 1 is 1.50 bits per heavy atom. The van der Waals surface area contributed by atoms with Crippen molar-refractivity contribution in [3.05, 3.63) is 29.3 Å². The van der Waals surface area contributed by atoms with Crippen molar-refractivity contribution < 1.29 is 9.90 Å². The fraction of sp³-hybridized carbons (Fsp3) is 0.455. The van der Waals surface area contributed by atoms with Gasteiger partial charge in [-0.25, -0.2) is 9.48 Å². The number of nitrogens with zero attached hydrogens (tertiary/aromatic N) is 5. The molecule has 0 saturated heterocycles. The molecule has 0 radical (unpaired) electrons. The Balaban J connectivity index is 2.29. The molecule has 18 heavy (non-hydrogen) atoms. The summed E-state index contributed by atoms with van der Waals surface area (Å²) in [6, 6.07) is 0. The maximum absolute atomic E-state index is 11.0. The normalized spacial score (nSPS) is 10.8. The van der Waals surface area contributed by atoms with Crippen molar-refractivity contribution in [1.82, 2.24) is 24.8 Å². The lowest BCUT2D eigenvalue weighted by molar-refractivity contribution is 0.0689. The molecule has 0 unspecified atom stereocenters. The third kappa shape index (κ3) is 2.39. The lowest BCUT2D eigenvalue weighted by atomic mass is 10.2. The molecule has 2 aromatic heterocycles. The van der Waals surface area contributed by atoms with Gasteiger partial charge in [-0.1, -0.05) is 18.6 Å². The molecule has 0 atom stereocenters. The first-order valence-electron chi connectivity index (χ1n) is 5.75. The van der Waals surface area contributed by atoms with Crippen LogP contribution in [0.25, 0.3) is 0 Å². The number of rotatable bonds is 5. The average molecular weight is 249 g/mol. The minimum absolute atomic E-state index is 0.0424. The van der Waals surface area contributed by atoms with Crippen LogP contribution in [0.3, 0.4) is 0 Å². The van der Waals surface area contributed by atoms with Crippen LogP contribution >= 0.6 is 0 Å². The molecule has 2 heterocycles. The molecule has 0 aliphatic heterocycles. The number of carbonyl (C=O) groups is 1. The highest BCUT2D eigenvalue weighted by Crippen LogP contribution is 2.11. The first-order chi connectivity index (χ1) is 8.61. The molecule has 0 fully saturated rings. The van der Waals surface area contributed by atoms with Crippen molar-refractivity contribution in [2.75, 3.05) is 0 Å². The van der Waals surface area contributed by atoms with E-state index in [9.17, 15) is 4.79 Å². The molecule has 0 amide bonds. The van der Waals surface area contributed by atoms with Gasteiger partial charge in [-0.15, -0.1) is 5.10 Å². The molecule has 0 saturated carbocycles. The van der Waals surface area contributed by atoms with Gasteiger partial charge in [0.1, 0.15) is 0 Å². The van der Waals surface area contributed by atoms with E-state index in [-0.39, 0.29) is 5.69 Å². The van der Waals surface area contributed by atoms with E-state index < -0.39 is 5.97 Å². The van der Waals surface area contributed by atoms with Crippen molar-refractivity contribution in [2.45, 2.75) is 26.3 Å². The van der Waals surface area contributed by atoms with Crippen molar-refractivity contribution in [3.63, 3.8) is 0 Å². The molecule has 0 aliphatic rings. The van der Waals surface area contributed by atoms with Gasteiger partial charge in [0.25, 0.3) is 0 Å². The molecular weight excluding hydrogens is 234 g/mol. The zero-order valence-corrected chi connectivity index (χ0v) is 10.4. The molecule has 2 aromatic rings. The fourth-order valence-electron chi connectivity index (χ4n) is 1.84. The Morgan fingerprint density at radius 3 is 2.83 bits per heavy atom. The Hall–Kier alpha value is -2.18. The van der Waals surface area contributed by atoms with Gasteiger partial charge >= 0.3 is 5.97 Å². The zero-order chi connectivity index (χ0) is 13.1. The van der Waals surface area contributed by atoms with Crippen LogP contribution < -0.4 is 0 Å². The van der Waals surface area contributed by atoms with Crippen molar-refractivity contribution in [1.29, 1.82) is 0 Å². The monoisotopic (exact) mass is 249 g/mol. The van der Waals surface area contributed by atoms with Gasteiger partial charge in [0.2, 0.25) is 0 Å². The minimum atomic E-state index is -1.03. The molecular formula is C11H15N5O2. The third-order valence-electron chi connectivity index (χ3n) is 2.62. The van der Waals surface area contributed by atoms with Gasteiger partial charge in [0.05, 0.1) is 18.4 Å². The van der Waals surface area contributed by atoms with Gasteiger partial charge < -0.3 is 5.11 Å². The summed E-state index contributed by atoms with van der Waals surface area (Å²) < 4.78 is 3.33. The Kier molecular flexibility index (Phi) is 3.40. The van der Waals surface area contributed by atoms with Crippen LogP contribution in [0.5, 0.6) is 0 Å². The van der Waals surface area contributed by atoms with E-state index in [1.165, 1.54) is 0 Å². The van der Waals surface area contributed by atoms with Crippen molar-refractivity contribution >= 4 is 5.97 Å². The summed E-state index contributed by atoms with van der Waals surface area (Å²) in [5, 5.41) is 20.7. The first-order valence-corrected chi connectivity index (χ1v) is 5.75. The summed E-state index contributed by atoms with van der Waals surface area (Å²) >= 11 is 0. The van der Waals surface area contributed by atoms with E-state index in [1.54, 1.807) is 15.6 Å². The van der Waals surface area contributed by atoms with E-state index in [0.717, 1.165) is 12.0 Å². The Morgan fingerprint density at radius 2 is 2.28 bits per heavy atom. The highest BCUT2D eigenvalue weighted by Gasteiger charge is 2.18. The molecule has 0 aliphatic carbocycles. The zero-order valence-electron chi connectivity index (χ0n) is 10.4. The second kappa shape index (κ2) is 4.99. The molecule has 7 nitrogen and oxygen atoms in total. The van der Waals surface area contributed by atoms with Crippen LogP contribution in [0, 0.1) is 0 Å². The maximum atomic E-state index is 11.0. The quantitative estimate of drug-likeness (QED) is 0.843. The average Bonchev–Trinajstić information content (AvgIpc) is 2.88. The summed E-state index contributed by atoms with van der Waals surface area (Å²) in [7, 11) is 1.83. The third-order valence-corrected chi connectivity index (χ3v) is 2.62. The lowest BCUT2D eigenvalue weighted by Gasteiger charge is -2.04. The maximum Gasteiger partial charge on any atom is 0.358 e. The molecule has 7 heteroatoms. The van der Waals surface area contributed by atoms with E-state index in [0.29, 0.717) is 18.7 Å². The van der Waals surface area contributed by atoms with Gasteiger partial charge in [-0.2, -0.15) is 5.10 Å². The van der Waals surface area contributed by atoms with Crippen LogP contribution in [0.2, 0.25) is 0 Å². The summed E-state index contributed by atoms with van der Waals surface area (Å²) in [5.41, 5.74) is 1.67. The SMILES string of the molecule is CCCc1c(C(=O)O)nnn1Cc1cnn(C)c1. The molecule has 0 spiro atoms. The number of carboxylic acids is 1. The van der Waals surface area contributed by atoms with Crippen molar-refractivity contribution in [2.24, 2.45) is 7.05 Å². The summed E-state index contributed by atoms with van der Waals surface area (Å²) in [6.45, 7) is 2.48. The van der Waals surface area contributed by atoms with E-state index in [2.05, 4.69) is 15.4 Å². The number of aryl methyl sites for hydroxylation is 1. The second-order valence-electron chi connectivity index (χ2n) is 4.12. The minimum Gasteiger partial charge on any atom is -0.476 e. The number of hydrogen-bond donors (Lipinski definition) is 1. The van der Waals surface area contributed by atoms with Crippen LogP contribution in [0.15, 0.2) is 12.4 Å². The van der Waals surface area contributed by atoms with Crippen molar-refractivity contribution in [3.8, 4) is 0 Å². The van der Waals surface area contributed by atoms with Gasteiger partial charge in [0, 0.05) is 18.8 Å². The van der Waals surface area contributed by atoms with E-state index in [4.69, 9.17) is 5.11 Å². The summed E-state index contributed by atoms with van der Waals surface area (Å²) in [5.74, 6) is -1.03. The van der Waals surface area contributed by atoms with Gasteiger partial charge in [-0.05, 0) is 6.42 Å². The number of aromatic nitrogens is 5. The molecule has 96 valence electrons. The molecule has 1 N–H and O–H groups in total. The summed E-state index contributed by atoms with van der Waals surface area (Å²) in [4.78, 5) is 11.0. The standard InChI is InChI=1S/C11H15N5O2/c1-3-4-9-10(11(17)18)13-14-16(9)7-8-5-12-15(2)6-8/h5-6H,3-4,7H2,1-2H3,(H,17,18). The van der Waals surface area contributed by atoms with Crippen LogP contribution in [0.4, 0.5) is 0 Å². The smallest absolute Gasteiger partial charge is 0.358 e. The number of aromatic carboxylic acids is 1. The predicted molar refractivity (Wildman–Crippen MR) is 63.3 cm³/mol. The fourth-order valence-corrected chi connectivity index (χ4v) is 1.84. The summed E-state index contributed by atoms with van der Waals surface area (Å²) in [6.07, 6.45) is 5.10. The second-order valence-corrected chi connectivity index (χ2v) is 4.12. The lowest BCUT2D eigenvalue weighted by Crippen LogP contribution is -2.09. The largest absolute Gasteiger partial charge is 0.476 e. The van der Waals surface area contributed by atoms with E-state index >= 15 is 0 Å². The molecule has 2 rings (SSSR count). The Bertz CT molecular complexity index is 558. The van der Waals surface area contributed by atoms with E-state index in [1.807, 2.05) is 20.2 Å². The van der Waals surface area contributed by atoms with Crippen LogP contribution in [-0.2, 0) is 20.0 Å². The number of carboxylic acid groups (broad SMARTS) is 1. The highest BCUT2D eigenvalue weighted by atomic mass is 16.4. The van der Waals surface area contributed by atoms with Crippen LogP contribution in [0.1, 0.15) is 35.1 Å².